The number of amides is 2. The minimum absolute atomic E-state index is 0.0749. The summed E-state index contributed by atoms with van der Waals surface area (Å²) in [5, 5.41) is 5.16. The van der Waals surface area contributed by atoms with Crippen molar-refractivity contribution in [2.24, 2.45) is 0 Å². The van der Waals surface area contributed by atoms with Gasteiger partial charge < -0.3 is 21.3 Å². The third-order valence-corrected chi connectivity index (χ3v) is 5.10. The van der Waals surface area contributed by atoms with E-state index < -0.39 is 23.5 Å². The highest BCUT2D eigenvalue weighted by atomic mass is 19.2. The summed E-state index contributed by atoms with van der Waals surface area (Å²) >= 11 is 0. The fourth-order valence-corrected chi connectivity index (χ4v) is 3.65. The topological polar surface area (TPSA) is 113 Å². The summed E-state index contributed by atoms with van der Waals surface area (Å²) in [6.07, 6.45) is 3.02. The van der Waals surface area contributed by atoms with Gasteiger partial charge in [0.05, 0.1) is 11.5 Å². The van der Waals surface area contributed by atoms with Crippen LogP contribution in [0.1, 0.15) is 37.2 Å². The number of hydrogen-bond donors (Lipinski definition) is 3. The van der Waals surface area contributed by atoms with Gasteiger partial charge in [-0.1, -0.05) is 0 Å². The summed E-state index contributed by atoms with van der Waals surface area (Å²) < 4.78 is 26.5. The standard InChI is InChI=1S/C19H20F2N6O2/c20-12-5-4-10(8-13(12)21)23-18(29)11-9-14(28)24-17-15(11)16(22)25-19(26-17)27-6-2-1-3-7-27/h4-5,8,11H,1-3,6-7,9H2,(H,23,29)(H3,22,24,25,26,28)/t11-/m1/s1. The van der Waals surface area contributed by atoms with Crippen LogP contribution in [0.4, 0.5) is 32.1 Å². The molecule has 2 aliphatic heterocycles. The van der Waals surface area contributed by atoms with E-state index in [1.807, 2.05) is 4.90 Å². The lowest BCUT2D eigenvalue weighted by atomic mass is 9.92. The van der Waals surface area contributed by atoms with Crippen molar-refractivity contribution in [2.75, 3.05) is 34.4 Å². The van der Waals surface area contributed by atoms with Crippen LogP contribution in [-0.4, -0.2) is 34.9 Å². The van der Waals surface area contributed by atoms with Gasteiger partial charge in [-0.25, -0.2) is 8.78 Å². The molecule has 0 bridgehead atoms. The average molecular weight is 402 g/mol. The second-order valence-corrected chi connectivity index (χ2v) is 7.14. The van der Waals surface area contributed by atoms with Crippen molar-refractivity contribution in [1.82, 2.24) is 9.97 Å². The molecule has 0 aliphatic carbocycles. The molecule has 152 valence electrons. The lowest BCUT2D eigenvalue weighted by molar-refractivity contribution is -0.123. The molecule has 4 rings (SSSR count). The van der Waals surface area contributed by atoms with Crippen LogP contribution in [0.5, 0.6) is 0 Å². The van der Waals surface area contributed by atoms with Crippen molar-refractivity contribution in [3.05, 3.63) is 35.4 Å². The molecule has 1 aromatic carbocycles. The van der Waals surface area contributed by atoms with E-state index in [4.69, 9.17) is 5.73 Å². The van der Waals surface area contributed by atoms with E-state index in [9.17, 15) is 18.4 Å². The molecule has 1 aromatic heterocycles. The van der Waals surface area contributed by atoms with E-state index in [0.717, 1.165) is 44.5 Å². The molecule has 8 nitrogen and oxygen atoms in total. The van der Waals surface area contributed by atoms with Crippen molar-refractivity contribution in [3.63, 3.8) is 0 Å². The molecule has 2 aromatic rings. The maximum atomic E-state index is 13.4. The Morgan fingerprint density at radius 1 is 1.17 bits per heavy atom. The van der Waals surface area contributed by atoms with E-state index in [-0.39, 0.29) is 29.7 Å². The molecule has 0 spiro atoms. The van der Waals surface area contributed by atoms with Crippen molar-refractivity contribution in [2.45, 2.75) is 31.6 Å². The summed E-state index contributed by atoms with van der Waals surface area (Å²) in [4.78, 5) is 35.7. The highest BCUT2D eigenvalue weighted by Gasteiger charge is 2.35. The number of fused-ring (bicyclic) bond motifs is 1. The Morgan fingerprint density at radius 2 is 1.93 bits per heavy atom. The Labute approximate surface area is 165 Å². The highest BCUT2D eigenvalue weighted by molar-refractivity contribution is 6.05. The number of benzene rings is 1. The molecule has 0 unspecified atom stereocenters. The quantitative estimate of drug-likeness (QED) is 0.727. The first-order chi connectivity index (χ1) is 13.9. The number of anilines is 4. The number of aromatic nitrogens is 2. The molecule has 1 atom stereocenters. The van der Waals surface area contributed by atoms with Crippen molar-refractivity contribution >= 4 is 35.1 Å². The molecule has 1 saturated heterocycles. The van der Waals surface area contributed by atoms with Gasteiger partial charge in [0.2, 0.25) is 17.8 Å². The largest absolute Gasteiger partial charge is 0.383 e. The Bertz CT molecular complexity index is 977. The Hall–Kier alpha value is -3.30. The second kappa shape index (κ2) is 7.61. The van der Waals surface area contributed by atoms with Crippen molar-refractivity contribution in [3.8, 4) is 0 Å². The molecular weight excluding hydrogens is 382 g/mol. The molecule has 29 heavy (non-hydrogen) atoms. The fraction of sp³-hybridized carbons (Fsp3) is 0.368. The first-order valence-corrected chi connectivity index (χ1v) is 9.40. The second-order valence-electron chi connectivity index (χ2n) is 7.14. The minimum atomic E-state index is -1.08. The average Bonchev–Trinajstić information content (AvgIpc) is 2.70. The van der Waals surface area contributed by atoms with Crippen LogP contribution in [0.2, 0.25) is 0 Å². The normalized spacial score (nSPS) is 18.8. The molecule has 0 saturated carbocycles. The highest BCUT2D eigenvalue weighted by Crippen LogP contribution is 2.37. The summed E-state index contributed by atoms with van der Waals surface area (Å²) in [6.45, 7) is 1.60. The van der Waals surface area contributed by atoms with Crippen LogP contribution >= 0.6 is 0 Å². The number of nitrogens with two attached hydrogens (primary N) is 1. The van der Waals surface area contributed by atoms with Gasteiger partial charge in [0.15, 0.2) is 11.6 Å². The third-order valence-electron chi connectivity index (χ3n) is 5.10. The zero-order valence-electron chi connectivity index (χ0n) is 15.5. The zero-order chi connectivity index (χ0) is 20.5. The lowest BCUT2D eigenvalue weighted by Crippen LogP contribution is -2.35. The number of carbonyl (C=O) groups excluding carboxylic acids is 2. The maximum Gasteiger partial charge on any atom is 0.232 e. The van der Waals surface area contributed by atoms with Crippen LogP contribution in [-0.2, 0) is 9.59 Å². The van der Waals surface area contributed by atoms with Crippen LogP contribution in [0.3, 0.4) is 0 Å². The fourth-order valence-electron chi connectivity index (χ4n) is 3.65. The number of piperidine rings is 1. The first-order valence-electron chi connectivity index (χ1n) is 9.40. The number of nitrogen functional groups attached to an aromatic ring is 1. The number of nitrogens with zero attached hydrogens (tertiary/aromatic N) is 3. The van der Waals surface area contributed by atoms with Crippen molar-refractivity contribution in [1.29, 1.82) is 0 Å². The van der Waals surface area contributed by atoms with Gasteiger partial charge in [0, 0.05) is 31.3 Å². The predicted octanol–water partition coefficient (Wildman–Crippen LogP) is 2.39. The molecule has 10 heteroatoms. The van der Waals surface area contributed by atoms with Crippen LogP contribution < -0.4 is 21.3 Å². The van der Waals surface area contributed by atoms with Gasteiger partial charge >= 0.3 is 0 Å². The molecule has 4 N–H and O–H groups in total. The van der Waals surface area contributed by atoms with Gasteiger partial charge in [0.1, 0.15) is 11.6 Å². The third kappa shape index (κ3) is 3.82. The molecule has 2 amide bonds. The van der Waals surface area contributed by atoms with Crippen molar-refractivity contribution < 1.29 is 18.4 Å². The number of hydrogen-bond acceptors (Lipinski definition) is 6. The van der Waals surface area contributed by atoms with Crippen LogP contribution in [0.15, 0.2) is 18.2 Å². The van der Waals surface area contributed by atoms with Gasteiger partial charge in [0.25, 0.3) is 0 Å². The van der Waals surface area contributed by atoms with Gasteiger partial charge in [-0.3, -0.25) is 9.59 Å². The summed E-state index contributed by atoms with van der Waals surface area (Å²) in [5.41, 5.74) is 6.54. The smallest absolute Gasteiger partial charge is 0.232 e. The van der Waals surface area contributed by atoms with E-state index >= 15 is 0 Å². The lowest BCUT2D eigenvalue weighted by Gasteiger charge is -2.30. The van der Waals surface area contributed by atoms with Gasteiger partial charge in [-0.15, -0.1) is 0 Å². The Kier molecular flexibility index (Phi) is 4.99. The Balaban J connectivity index is 1.63. The van der Waals surface area contributed by atoms with E-state index in [1.54, 1.807) is 0 Å². The molecule has 2 aliphatic rings. The zero-order valence-corrected chi connectivity index (χ0v) is 15.5. The van der Waals surface area contributed by atoms with E-state index in [1.165, 1.54) is 6.07 Å². The first kappa shape index (κ1) is 19.0. The van der Waals surface area contributed by atoms with Crippen LogP contribution in [0.25, 0.3) is 0 Å². The van der Waals surface area contributed by atoms with E-state index in [0.29, 0.717) is 11.5 Å². The predicted molar refractivity (Wildman–Crippen MR) is 103 cm³/mol. The molecule has 0 radical (unpaired) electrons. The number of nitrogens with one attached hydrogen (secondary N) is 2. The SMILES string of the molecule is Nc1nc(N2CCCCC2)nc2c1[C@H](C(=O)Nc1ccc(F)c(F)c1)CC(=O)N2. The van der Waals surface area contributed by atoms with Gasteiger partial charge in [-0.05, 0) is 31.4 Å². The maximum absolute atomic E-state index is 13.4. The monoisotopic (exact) mass is 402 g/mol. The number of halogens is 2. The molecular formula is C19H20F2N6O2. The number of carbonyl (C=O) groups is 2. The van der Waals surface area contributed by atoms with Crippen LogP contribution in [0, 0.1) is 11.6 Å². The Morgan fingerprint density at radius 3 is 2.66 bits per heavy atom. The summed E-state index contributed by atoms with van der Waals surface area (Å²) in [7, 11) is 0. The van der Waals surface area contributed by atoms with E-state index in [2.05, 4.69) is 20.6 Å². The summed E-state index contributed by atoms with van der Waals surface area (Å²) in [5.74, 6) is -3.27. The molecule has 3 heterocycles. The summed E-state index contributed by atoms with van der Waals surface area (Å²) in [6, 6.07) is 3.02. The molecule has 1 fully saturated rings. The number of rotatable bonds is 3. The minimum Gasteiger partial charge on any atom is -0.383 e. The van der Waals surface area contributed by atoms with Gasteiger partial charge in [-0.2, -0.15) is 9.97 Å².